The fraction of sp³-hybridized carbons (Fsp3) is 0.588. The number of nitrogens with one attached hydrogen (secondary N) is 1. The minimum atomic E-state index is -4.35. The predicted octanol–water partition coefficient (Wildman–Crippen LogP) is 3.69. The molecule has 1 aromatic carbocycles. The lowest BCUT2D eigenvalue weighted by atomic mass is 9.84. The van der Waals surface area contributed by atoms with Crippen LogP contribution in [-0.2, 0) is 17.4 Å². The first kappa shape index (κ1) is 20.8. The summed E-state index contributed by atoms with van der Waals surface area (Å²) in [5, 5.41) is 2.94. The monoisotopic (exact) mass is 364 g/mol. The molecule has 1 atom stereocenters. The van der Waals surface area contributed by atoms with Crippen LogP contribution in [0.15, 0.2) is 24.3 Å². The topological polar surface area (TPSA) is 55.1 Å². The molecule has 1 aliphatic rings. The van der Waals surface area contributed by atoms with E-state index in [0.29, 0.717) is 18.0 Å². The van der Waals surface area contributed by atoms with Gasteiger partial charge in [-0.25, -0.2) is 0 Å². The fourth-order valence-electron chi connectivity index (χ4n) is 3.16. The largest absolute Gasteiger partial charge is 0.416 e. The van der Waals surface area contributed by atoms with Crippen LogP contribution in [0.2, 0.25) is 0 Å². The standard InChI is InChI=1S/C17H23F3N2O.ClH/c18-17(19,20)14-8-6-12(7-9-14)10-16(23)22-15(11-21)13-4-2-1-3-5-13;/h6-9,13,15H,1-5,10-11,21H2,(H,22,23);1H. The van der Waals surface area contributed by atoms with Gasteiger partial charge in [0.25, 0.3) is 0 Å². The molecule has 136 valence electrons. The van der Waals surface area contributed by atoms with Gasteiger partial charge in [-0.15, -0.1) is 12.4 Å². The molecule has 1 fully saturated rings. The minimum absolute atomic E-state index is 0. The van der Waals surface area contributed by atoms with E-state index in [0.717, 1.165) is 37.8 Å². The van der Waals surface area contributed by atoms with Crippen molar-refractivity contribution < 1.29 is 18.0 Å². The maximum absolute atomic E-state index is 12.5. The van der Waals surface area contributed by atoms with E-state index in [-0.39, 0.29) is 30.8 Å². The van der Waals surface area contributed by atoms with Gasteiger partial charge in [0.05, 0.1) is 12.0 Å². The van der Waals surface area contributed by atoms with Crippen molar-refractivity contribution in [3.8, 4) is 0 Å². The molecule has 1 aromatic rings. The van der Waals surface area contributed by atoms with Crippen LogP contribution in [0.4, 0.5) is 13.2 Å². The molecule has 0 spiro atoms. The molecule has 1 unspecified atom stereocenters. The van der Waals surface area contributed by atoms with Crippen LogP contribution >= 0.6 is 12.4 Å². The average Bonchev–Trinajstić information content (AvgIpc) is 2.53. The second-order valence-electron chi connectivity index (χ2n) is 6.18. The average molecular weight is 365 g/mol. The first-order chi connectivity index (χ1) is 10.9. The van der Waals surface area contributed by atoms with Crippen LogP contribution in [0.3, 0.4) is 0 Å². The van der Waals surface area contributed by atoms with Crippen LogP contribution in [0.1, 0.15) is 43.2 Å². The van der Waals surface area contributed by atoms with Gasteiger partial charge in [-0.05, 0) is 36.5 Å². The lowest BCUT2D eigenvalue weighted by Crippen LogP contribution is -2.46. The van der Waals surface area contributed by atoms with Crippen LogP contribution in [0.25, 0.3) is 0 Å². The van der Waals surface area contributed by atoms with Gasteiger partial charge in [-0.2, -0.15) is 13.2 Å². The molecule has 1 aliphatic carbocycles. The van der Waals surface area contributed by atoms with Gasteiger partial charge >= 0.3 is 6.18 Å². The number of carbonyl (C=O) groups is 1. The van der Waals surface area contributed by atoms with Crippen LogP contribution < -0.4 is 11.1 Å². The van der Waals surface area contributed by atoms with E-state index in [1.165, 1.54) is 18.6 Å². The zero-order valence-corrected chi connectivity index (χ0v) is 14.3. The van der Waals surface area contributed by atoms with E-state index in [1.807, 2.05) is 0 Å². The summed E-state index contributed by atoms with van der Waals surface area (Å²) in [4.78, 5) is 12.1. The summed E-state index contributed by atoms with van der Waals surface area (Å²) >= 11 is 0. The van der Waals surface area contributed by atoms with Crippen molar-refractivity contribution in [2.24, 2.45) is 11.7 Å². The lowest BCUT2D eigenvalue weighted by molar-refractivity contribution is -0.137. The molecule has 2 rings (SSSR count). The van der Waals surface area contributed by atoms with Crippen molar-refractivity contribution in [2.75, 3.05) is 6.54 Å². The SMILES string of the molecule is Cl.NCC(NC(=O)Cc1ccc(C(F)(F)F)cc1)C1CCCCC1. The zero-order valence-electron chi connectivity index (χ0n) is 13.4. The van der Waals surface area contributed by atoms with Gasteiger partial charge in [-0.3, -0.25) is 4.79 Å². The summed E-state index contributed by atoms with van der Waals surface area (Å²) in [6.07, 6.45) is 1.41. The number of carbonyl (C=O) groups excluding carboxylic acids is 1. The third-order valence-electron chi connectivity index (χ3n) is 4.47. The first-order valence-electron chi connectivity index (χ1n) is 8.05. The molecule has 3 N–H and O–H groups in total. The molecule has 0 aliphatic heterocycles. The van der Waals surface area contributed by atoms with E-state index in [9.17, 15) is 18.0 Å². The third-order valence-corrected chi connectivity index (χ3v) is 4.47. The number of alkyl halides is 3. The quantitative estimate of drug-likeness (QED) is 0.837. The molecule has 0 radical (unpaired) electrons. The normalized spacial score (nSPS) is 17.0. The van der Waals surface area contributed by atoms with Crippen molar-refractivity contribution >= 4 is 18.3 Å². The Balaban J connectivity index is 0.00000288. The number of hydrogen-bond donors (Lipinski definition) is 2. The van der Waals surface area contributed by atoms with E-state index >= 15 is 0 Å². The van der Waals surface area contributed by atoms with Gasteiger partial charge in [0.1, 0.15) is 0 Å². The van der Waals surface area contributed by atoms with Gasteiger partial charge in [-0.1, -0.05) is 31.4 Å². The van der Waals surface area contributed by atoms with Gasteiger partial charge < -0.3 is 11.1 Å². The molecule has 7 heteroatoms. The van der Waals surface area contributed by atoms with Crippen molar-refractivity contribution in [1.29, 1.82) is 0 Å². The summed E-state index contributed by atoms with van der Waals surface area (Å²) in [6.45, 7) is 0.392. The maximum Gasteiger partial charge on any atom is 0.416 e. The third kappa shape index (κ3) is 5.98. The Kier molecular flexibility index (Phi) is 8.03. The molecular formula is C17H24ClF3N2O. The number of nitrogens with two attached hydrogens (primary N) is 1. The second kappa shape index (κ2) is 9.28. The Hall–Kier alpha value is -1.27. The van der Waals surface area contributed by atoms with E-state index < -0.39 is 11.7 Å². The predicted molar refractivity (Wildman–Crippen MR) is 90.0 cm³/mol. The highest BCUT2D eigenvalue weighted by Gasteiger charge is 2.30. The molecule has 24 heavy (non-hydrogen) atoms. The molecule has 3 nitrogen and oxygen atoms in total. The zero-order chi connectivity index (χ0) is 16.9. The number of hydrogen-bond acceptors (Lipinski definition) is 2. The van der Waals surface area contributed by atoms with Crippen LogP contribution in [-0.4, -0.2) is 18.5 Å². The molecule has 0 bridgehead atoms. The van der Waals surface area contributed by atoms with E-state index in [1.54, 1.807) is 0 Å². The minimum Gasteiger partial charge on any atom is -0.352 e. The summed E-state index contributed by atoms with van der Waals surface area (Å²) in [7, 11) is 0. The summed E-state index contributed by atoms with van der Waals surface area (Å²) < 4.78 is 37.5. The molecule has 0 heterocycles. The fourth-order valence-corrected chi connectivity index (χ4v) is 3.16. The van der Waals surface area contributed by atoms with E-state index in [4.69, 9.17) is 5.73 Å². The van der Waals surface area contributed by atoms with Crippen molar-refractivity contribution in [1.82, 2.24) is 5.32 Å². The highest BCUT2D eigenvalue weighted by molar-refractivity contribution is 5.85. The second-order valence-corrected chi connectivity index (χ2v) is 6.18. The van der Waals surface area contributed by atoms with Gasteiger partial charge in [0, 0.05) is 12.6 Å². The molecule has 1 amide bonds. The Morgan fingerprint density at radius 3 is 2.25 bits per heavy atom. The number of amides is 1. The highest BCUT2D eigenvalue weighted by atomic mass is 35.5. The number of rotatable bonds is 5. The first-order valence-corrected chi connectivity index (χ1v) is 8.05. The molecule has 0 aromatic heterocycles. The van der Waals surface area contributed by atoms with E-state index in [2.05, 4.69) is 5.32 Å². The smallest absolute Gasteiger partial charge is 0.352 e. The van der Waals surface area contributed by atoms with Crippen molar-refractivity contribution in [3.63, 3.8) is 0 Å². The Bertz CT molecular complexity index is 514. The Morgan fingerprint density at radius 1 is 1.17 bits per heavy atom. The number of benzene rings is 1. The summed E-state index contributed by atoms with van der Waals surface area (Å²) in [6, 6.07) is 4.66. The summed E-state index contributed by atoms with van der Waals surface area (Å²) in [5.41, 5.74) is 5.63. The summed E-state index contributed by atoms with van der Waals surface area (Å²) in [5.74, 6) is 0.219. The van der Waals surface area contributed by atoms with Gasteiger partial charge in [0.2, 0.25) is 5.91 Å². The highest BCUT2D eigenvalue weighted by Crippen LogP contribution is 2.29. The number of halogens is 4. The molecule has 0 saturated heterocycles. The van der Waals surface area contributed by atoms with Gasteiger partial charge in [0.15, 0.2) is 0 Å². The van der Waals surface area contributed by atoms with Crippen LogP contribution in [0.5, 0.6) is 0 Å². The Labute approximate surface area is 146 Å². The maximum atomic E-state index is 12.5. The molecular weight excluding hydrogens is 341 g/mol. The lowest BCUT2D eigenvalue weighted by Gasteiger charge is -2.30. The van der Waals surface area contributed by atoms with Crippen molar-refractivity contribution in [2.45, 2.75) is 50.7 Å². The molecule has 1 saturated carbocycles. The van der Waals surface area contributed by atoms with Crippen molar-refractivity contribution in [3.05, 3.63) is 35.4 Å². The van der Waals surface area contributed by atoms with Crippen LogP contribution in [0, 0.1) is 5.92 Å². The Morgan fingerprint density at radius 2 is 1.75 bits per heavy atom.